The third-order valence-corrected chi connectivity index (χ3v) is 5.98. The molecule has 0 N–H and O–H groups in total. The Labute approximate surface area is 130 Å². The van der Waals surface area contributed by atoms with E-state index >= 15 is 0 Å². The Morgan fingerprint density at radius 3 is 2.61 bits per heavy atom. The van der Waals surface area contributed by atoms with E-state index < -0.39 is 5.77 Å². The molecule has 0 amide bonds. The van der Waals surface area contributed by atoms with Gasteiger partial charge in [-0.15, -0.1) is 13.2 Å². The van der Waals surface area contributed by atoms with Gasteiger partial charge in [0.15, 0.2) is 0 Å². The van der Waals surface area contributed by atoms with Gasteiger partial charge in [0.25, 0.3) is 0 Å². The quantitative estimate of drug-likeness (QED) is 0.332. The molecule has 0 aliphatic heterocycles. The molecule has 18 heavy (non-hydrogen) atoms. The molecule has 6 heteroatoms. The number of rotatable bonds is 7. The van der Waals surface area contributed by atoms with Gasteiger partial charge in [0, 0.05) is 25.2 Å². The summed E-state index contributed by atoms with van der Waals surface area (Å²) in [5, 5.41) is 0. The van der Waals surface area contributed by atoms with Crippen LogP contribution in [0.5, 0.6) is 5.75 Å². The van der Waals surface area contributed by atoms with Crippen LogP contribution >= 0.6 is 29.4 Å². The Morgan fingerprint density at radius 1 is 1.33 bits per heavy atom. The van der Waals surface area contributed by atoms with Crippen molar-refractivity contribution in [1.82, 2.24) is 0 Å². The van der Waals surface area contributed by atoms with Crippen LogP contribution in [0.15, 0.2) is 49.6 Å². The third-order valence-electron chi connectivity index (χ3n) is 1.91. The zero-order valence-corrected chi connectivity index (χ0v) is 15.7. The van der Waals surface area contributed by atoms with E-state index in [1.807, 2.05) is 18.2 Å². The Kier molecular flexibility index (Phi) is 9.06. The van der Waals surface area contributed by atoms with E-state index in [-0.39, 0.29) is 19.5 Å². The van der Waals surface area contributed by atoms with Crippen LogP contribution in [0.25, 0.3) is 0 Å². The van der Waals surface area contributed by atoms with Crippen LogP contribution in [0.1, 0.15) is 5.56 Å². The van der Waals surface area contributed by atoms with Gasteiger partial charge in [-0.2, -0.15) is 0 Å². The summed E-state index contributed by atoms with van der Waals surface area (Å²) in [4.78, 5) is 0. The van der Waals surface area contributed by atoms with Gasteiger partial charge in [0.05, 0.1) is 0 Å². The van der Waals surface area contributed by atoms with Gasteiger partial charge < -0.3 is 4.52 Å². The second-order valence-corrected chi connectivity index (χ2v) is 9.56. The number of allylic oxidation sites excluding steroid dienone is 1. The van der Waals surface area contributed by atoms with Gasteiger partial charge in [0.1, 0.15) is 5.75 Å². The van der Waals surface area contributed by atoms with Crippen molar-refractivity contribution < 1.29 is 28.6 Å². The summed E-state index contributed by atoms with van der Waals surface area (Å²) >= 11 is 5.22. The van der Waals surface area contributed by atoms with Crippen LogP contribution in [0.3, 0.4) is 0 Å². The summed E-state index contributed by atoms with van der Waals surface area (Å²) in [6.45, 7) is 7.25. The van der Waals surface area contributed by atoms with E-state index in [0.717, 1.165) is 16.9 Å². The average Bonchev–Trinajstić information content (AvgIpc) is 2.29. The molecule has 0 aliphatic carbocycles. The van der Waals surface area contributed by atoms with Gasteiger partial charge >= 0.3 is 5.77 Å². The van der Waals surface area contributed by atoms with Crippen molar-refractivity contribution >= 4 is 29.4 Å². The number of benzene rings is 1. The molecule has 1 rings (SSSR count). The van der Waals surface area contributed by atoms with Gasteiger partial charge in [0.2, 0.25) is 0 Å². The van der Waals surface area contributed by atoms with Crippen LogP contribution < -0.4 is 4.52 Å². The van der Waals surface area contributed by atoms with Crippen LogP contribution in [0, 0.1) is 0 Å². The van der Waals surface area contributed by atoms with Crippen LogP contribution in [0.2, 0.25) is 0 Å². The Bertz CT molecular complexity index is 451. The molecule has 1 aromatic rings. The molecule has 2 nitrogen and oxygen atoms in total. The van der Waals surface area contributed by atoms with Crippen molar-refractivity contribution in [3.63, 3.8) is 0 Å². The molecule has 0 spiro atoms. The van der Waals surface area contributed by atoms with E-state index in [2.05, 4.69) is 25.4 Å². The molecular formula is C12H15O2PS2Zn. The van der Waals surface area contributed by atoms with Crippen molar-refractivity contribution in [2.24, 2.45) is 0 Å². The smallest absolute Gasteiger partial charge is 0.357 e. The van der Waals surface area contributed by atoms with E-state index in [4.69, 9.17) is 4.52 Å². The molecule has 0 bridgehead atoms. The Morgan fingerprint density at radius 2 is 2.00 bits per heavy atom. The zero-order chi connectivity index (χ0) is 12.7. The zero-order valence-electron chi connectivity index (χ0n) is 10.1. The number of hydrogen-bond acceptors (Lipinski definition) is 3. The summed E-state index contributed by atoms with van der Waals surface area (Å²) in [7, 11) is 0. The van der Waals surface area contributed by atoms with Crippen molar-refractivity contribution in [3.8, 4) is 5.75 Å². The molecule has 0 radical (unpaired) electrons. The van der Waals surface area contributed by atoms with Crippen LogP contribution in [-0.4, -0.2) is 5.75 Å². The molecule has 0 saturated carbocycles. The van der Waals surface area contributed by atoms with E-state index in [1.54, 1.807) is 18.2 Å². The predicted octanol–water partition coefficient (Wildman–Crippen LogP) is 4.75. The predicted molar refractivity (Wildman–Crippen MR) is 80.2 cm³/mol. The maximum atomic E-state index is 12.0. The molecule has 0 heterocycles. The molecule has 1 atom stereocenters. The van der Waals surface area contributed by atoms with Crippen molar-refractivity contribution in [2.75, 3.05) is 5.75 Å². The SMILES string of the molecule is C=CCSP(=O)(S)Oc1ccccc1CC=C.[Zn]. The van der Waals surface area contributed by atoms with Crippen LogP contribution in [0.4, 0.5) is 0 Å². The normalized spacial score (nSPS) is 12.9. The molecule has 94 valence electrons. The average molecular weight is 352 g/mol. The van der Waals surface area contributed by atoms with Gasteiger partial charge in [-0.1, -0.05) is 42.6 Å². The van der Waals surface area contributed by atoms with Crippen molar-refractivity contribution in [1.29, 1.82) is 0 Å². The summed E-state index contributed by atoms with van der Waals surface area (Å²) in [6, 6.07) is 7.46. The van der Waals surface area contributed by atoms with Gasteiger partial charge in [-0.3, -0.25) is 4.57 Å². The van der Waals surface area contributed by atoms with Crippen molar-refractivity contribution in [2.45, 2.75) is 6.42 Å². The minimum atomic E-state index is -2.98. The molecule has 0 saturated heterocycles. The molecule has 1 unspecified atom stereocenters. The first-order valence-electron chi connectivity index (χ1n) is 5.05. The Hall–Kier alpha value is 0.0534. The Balaban J connectivity index is 0.00000289. The summed E-state index contributed by atoms with van der Waals surface area (Å²) < 4.78 is 17.5. The fraction of sp³-hybridized carbons (Fsp3) is 0.167. The first-order valence-corrected chi connectivity index (χ1v) is 9.42. The summed E-state index contributed by atoms with van der Waals surface area (Å²) in [6.07, 6.45) is 4.13. The minimum Gasteiger partial charge on any atom is -0.429 e. The van der Waals surface area contributed by atoms with Gasteiger partial charge in [-0.05, 0) is 29.4 Å². The van der Waals surface area contributed by atoms with E-state index in [9.17, 15) is 4.57 Å². The molecule has 0 aliphatic rings. The third kappa shape index (κ3) is 6.29. The standard InChI is InChI=1S/C12H15O2PS2.Zn/c1-3-7-11-8-5-6-9-12(11)14-15(13,16)17-10-4-2;/h3-6,8-9H,1-2,7,10H2,(H,13,16);. The largest absolute Gasteiger partial charge is 0.429 e. The molecule has 0 fully saturated rings. The molecular weight excluding hydrogens is 337 g/mol. The second-order valence-electron chi connectivity index (χ2n) is 3.24. The summed E-state index contributed by atoms with van der Waals surface area (Å²) in [5.41, 5.74) is 0.955. The maximum absolute atomic E-state index is 12.0. The van der Waals surface area contributed by atoms with Gasteiger partial charge in [-0.25, -0.2) is 0 Å². The topological polar surface area (TPSA) is 26.3 Å². The van der Waals surface area contributed by atoms with Crippen LogP contribution in [-0.2, 0) is 30.5 Å². The van der Waals surface area contributed by atoms with E-state index in [0.29, 0.717) is 17.9 Å². The maximum Gasteiger partial charge on any atom is 0.357 e. The monoisotopic (exact) mass is 350 g/mol. The summed E-state index contributed by atoms with van der Waals surface area (Å²) in [5.74, 6) is -1.83. The number of hydrogen-bond donors (Lipinski definition) is 1. The first-order chi connectivity index (χ1) is 8.09. The molecule has 1 aromatic carbocycles. The number of para-hydroxylation sites is 1. The van der Waals surface area contributed by atoms with Crippen molar-refractivity contribution in [3.05, 3.63) is 55.1 Å². The second kappa shape index (κ2) is 9.04. The van der Waals surface area contributed by atoms with E-state index in [1.165, 1.54) is 0 Å². The number of thiol groups is 1. The molecule has 0 aromatic heterocycles. The fourth-order valence-electron chi connectivity index (χ4n) is 1.21. The first kappa shape index (κ1) is 18.1. The fourth-order valence-corrected chi connectivity index (χ4v) is 4.13. The minimum absolute atomic E-state index is 0.